The second-order valence-electron chi connectivity index (χ2n) is 7.21. The van der Waals surface area contributed by atoms with Gasteiger partial charge >= 0.3 is 0 Å². The molecule has 0 aromatic carbocycles. The zero-order valence-electron chi connectivity index (χ0n) is 10.8. The Labute approximate surface area is 94.8 Å². The van der Waals surface area contributed by atoms with E-state index in [1.165, 1.54) is 25.7 Å². The summed E-state index contributed by atoms with van der Waals surface area (Å²) in [6, 6.07) is 0. The molecule has 0 aromatic heterocycles. The molecule has 1 heteroatoms. The molecule has 2 N–H and O–H groups in total. The van der Waals surface area contributed by atoms with Crippen molar-refractivity contribution in [2.45, 2.75) is 53.4 Å². The SMILES string of the molecule is CC1(C)CCCC([C@@H]2[C@@H](CN)C2(C)C)C1. The van der Waals surface area contributed by atoms with Gasteiger partial charge in [0.1, 0.15) is 0 Å². The third kappa shape index (κ3) is 1.95. The first-order chi connectivity index (χ1) is 6.88. The Kier molecular flexibility index (Phi) is 2.65. The van der Waals surface area contributed by atoms with Crippen molar-refractivity contribution in [1.82, 2.24) is 0 Å². The lowest BCUT2D eigenvalue weighted by molar-refractivity contribution is 0.152. The van der Waals surface area contributed by atoms with Gasteiger partial charge in [0.25, 0.3) is 0 Å². The van der Waals surface area contributed by atoms with Crippen LogP contribution in [0.25, 0.3) is 0 Å². The summed E-state index contributed by atoms with van der Waals surface area (Å²) < 4.78 is 0. The van der Waals surface area contributed by atoms with Gasteiger partial charge in [0.2, 0.25) is 0 Å². The summed E-state index contributed by atoms with van der Waals surface area (Å²) in [7, 11) is 0. The average molecular weight is 209 g/mol. The second kappa shape index (κ2) is 3.48. The molecule has 2 rings (SSSR count). The molecular formula is C14H27N. The molecule has 0 aromatic rings. The maximum atomic E-state index is 5.87. The first-order valence-electron chi connectivity index (χ1n) is 6.58. The summed E-state index contributed by atoms with van der Waals surface area (Å²) in [5, 5.41) is 0. The minimum Gasteiger partial charge on any atom is -0.330 e. The van der Waals surface area contributed by atoms with E-state index in [1.807, 2.05) is 0 Å². The van der Waals surface area contributed by atoms with Gasteiger partial charge in [-0.15, -0.1) is 0 Å². The molecule has 0 amide bonds. The van der Waals surface area contributed by atoms with E-state index in [1.54, 1.807) is 0 Å². The smallest absolute Gasteiger partial charge is 0.00407 e. The first-order valence-corrected chi connectivity index (χ1v) is 6.58. The van der Waals surface area contributed by atoms with Crippen LogP contribution in [-0.4, -0.2) is 6.54 Å². The number of nitrogens with two attached hydrogens (primary N) is 1. The molecule has 0 saturated heterocycles. The van der Waals surface area contributed by atoms with E-state index >= 15 is 0 Å². The predicted molar refractivity (Wildman–Crippen MR) is 65.6 cm³/mol. The minimum atomic E-state index is 0.535. The Morgan fingerprint density at radius 3 is 2.33 bits per heavy atom. The highest BCUT2D eigenvalue weighted by Crippen LogP contribution is 2.64. The zero-order valence-corrected chi connectivity index (χ0v) is 10.8. The Bertz CT molecular complexity index is 242. The number of hydrogen-bond acceptors (Lipinski definition) is 1. The second-order valence-corrected chi connectivity index (χ2v) is 7.21. The van der Waals surface area contributed by atoms with Gasteiger partial charge in [-0.25, -0.2) is 0 Å². The molecule has 88 valence electrons. The van der Waals surface area contributed by atoms with Crippen molar-refractivity contribution in [3.8, 4) is 0 Å². The van der Waals surface area contributed by atoms with Crippen molar-refractivity contribution >= 4 is 0 Å². The summed E-state index contributed by atoms with van der Waals surface area (Å²) >= 11 is 0. The molecule has 15 heavy (non-hydrogen) atoms. The standard InChI is InChI=1S/C14H27N/c1-13(2)7-5-6-10(8-13)12-11(9-15)14(12,3)4/h10-12H,5-9,15H2,1-4H3/t10?,11-,12-/m1/s1. The van der Waals surface area contributed by atoms with E-state index in [4.69, 9.17) is 5.73 Å². The highest BCUT2D eigenvalue weighted by molar-refractivity contribution is 5.08. The molecule has 1 unspecified atom stereocenters. The van der Waals surface area contributed by atoms with Gasteiger partial charge in [-0.1, -0.05) is 40.5 Å². The third-order valence-electron chi connectivity index (χ3n) is 5.14. The molecule has 2 aliphatic rings. The topological polar surface area (TPSA) is 26.0 Å². The number of rotatable bonds is 2. The first kappa shape index (κ1) is 11.4. The maximum absolute atomic E-state index is 5.87. The molecular weight excluding hydrogens is 182 g/mol. The van der Waals surface area contributed by atoms with E-state index in [0.717, 1.165) is 24.3 Å². The van der Waals surface area contributed by atoms with E-state index < -0.39 is 0 Å². The third-order valence-corrected chi connectivity index (χ3v) is 5.14. The van der Waals surface area contributed by atoms with Gasteiger partial charge in [0, 0.05) is 0 Å². The summed E-state index contributed by atoms with van der Waals surface area (Å²) in [6.07, 6.45) is 5.73. The Balaban J connectivity index is 2.01. The van der Waals surface area contributed by atoms with Crippen molar-refractivity contribution in [2.75, 3.05) is 6.54 Å². The van der Waals surface area contributed by atoms with Crippen LogP contribution in [0.4, 0.5) is 0 Å². The molecule has 2 aliphatic carbocycles. The van der Waals surface area contributed by atoms with Crippen molar-refractivity contribution in [3.05, 3.63) is 0 Å². The predicted octanol–water partition coefficient (Wildman–Crippen LogP) is 3.43. The van der Waals surface area contributed by atoms with Crippen LogP contribution in [-0.2, 0) is 0 Å². The van der Waals surface area contributed by atoms with Crippen molar-refractivity contribution in [1.29, 1.82) is 0 Å². The van der Waals surface area contributed by atoms with Crippen LogP contribution in [0.2, 0.25) is 0 Å². The Hall–Kier alpha value is -0.0400. The lowest BCUT2D eigenvalue weighted by Crippen LogP contribution is -2.25. The lowest BCUT2D eigenvalue weighted by atomic mass is 9.70. The molecule has 0 spiro atoms. The normalized spacial score (nSPS) is 42.6. The van der Waals surface area contributed by atoms with Crippen LogP contribution >= 0.6 is 0 Å². The summed E-state index contributed by atoms with van der Waals surface area (Å²) in [5.74, 6) is 2.68. The highest BCUT2D eigenvalue weighted by atomic mass is 14.7. The largest absolute Gasteiger partial charge is 0.330 e. The van der Waals surface area contributed by atoms with Gasteiger partial charge in [-0.3, -0.25) is 0 Å². The van der Waals surface area contributed by atoms with Crippen molar-refractivity contribution < 1.29 is 0 Å². The van der Waals surface area contributed by atoms with Crippen LogP contribution in [0.3, 0.4) is 0 Å². The fraction of sp³-hybridized carbons (Fsp3) is 1.00. The van der Waals surface area contributed by atoms with Crippen LogP contribution in [0.15, 0.2) is 0 Å². The Morgan fingerprint density at radius 1 is 1.20 bits per heavy atom. The average Bonchev–Trinajstić information content (AvgIpc) is 2.66. The van der Waals surface area contributed by atoms with Gasteiger partial charge in [-0.05, 0) is 48.0 Å². The fourth-order valence-corrected chi connectivity index (χ4v) is 4.24. The van der Waals surface area contributed by atoms with Gasteiger partial charge < -0.3 is 5.73 Å². The van der Waals surface area contributed by atoms with Crippen LogP contribution in [0.1, 0.15) is 53.4 Å². The molecule has 1 nitrogen and oxygen atoms in total. The molecule has 0 radical (unpaired) electrons. The van der Waals surface area contributed by atoms with Crippen LogP contribution in [0, 0.1) is 28.6 Å². The monoisotopic (exact) mass is 209 g/mol. The highest BCUT2D eigenvalue weighted by Gasteiger charge is 2.60. The van der Waals surface area contributed by atoms with Crippen LogP contribution in [0.5, 0.6) is 0 Å². The summed E-state index contributed by atoms with van der Waals surface area (Å²) in [4.78, 5) is 0. The maximum Gasteiger partial charge on any atom is -0.00407 e. The summed E-state index contributed by atoms with van der Waals surface area (Å²) in [5.41, 5.74) is 6.99. The van der Waals surface area contributed by atoms with E-state index in [9.17, 15) is 0 Å². The minimum absolute atomic E-state index is 0.535. The molecule has 3 atom stereocenters. The van der Waals surface area contributed by atoms with E-state index in [0.29, 0.717) is 10.8 Å². The molecule has 2 saturated carbocycles. The lowest BCUT2D eigenvalue weighted by Gasteiger charge is -2.36. The summed E-state index contributed by atoms with van der Waals surface area (Å²) in [6.45, 7) is 10.6. The van der Waals surface area contributed by atoms with Crippen LogP contribution < -0.4 is 5.73 Å². The Morgan fingerprint density at radius 2 is 1.87 bits per heavy atom. The molecule has 0 aliphatic heterocycles. The molecule has 0 heterocycles. The van der Waals surface area contributed by atoms with Crippen molar-refractivity contribution in [2.24, 2.45) is 34.3 Å². The number of hydrogen-bond donors (Lipinski definition) is 1. The van der Waals surface area contributed by atoms with Crippen molar-refractivity contribution in [3.63, 3.8) is 0 Å². The van der Waals surface area contributed by atoms with Gasteiger partial charge in [0.15, 0.2) is 0 Å². The van der Waals surface area contributed by atoms with Gasteiger partial charge in [0.05, 0.1) is 0 Å². The molecule has 2 fully saturated rings. The van der Waals surface area contributed by atoms with Gasteiger partial charge in [-0.2, -0.15) is 0 Å². The fourth-order valence-electron chi connectivity index (χ4n) is 4.24. The van der Waals surface area contributed by atoms with E-state index in [2.05, 4.69) is 27.7 Å². The quantitative estimate of drug-likeness (QED) is 0.741. The van der Waals surface area contributed by atoms with E-state index in [-0.39, 0.29) is 0 Å². The molecule has 0 bridgehead atoms. The zero-order chi connectivity index (χ0) is 11.3.